The quantitative estimate of drug-likeness (QED) is 0.914. The lowest BCUT2D eigenvalue weighted by Crippen LogP contribution is -2.03. The Morgan fingerprint density at radius 3 is 2.15 bits per heavy atom. The highest BCUT2D eigenvalue weighted by Gasteiger charge is 2.13. The average Bonchev–Trinajstić information content (AvgIpc) is 2.47. The van der Waals surface area contributed by atoms with Crippen molar-refractivity contribution in [2.45, 2.75) is 12.5 Å². The second kappa shape index (κ2) is 6.64. The van der Waals surface area contributed by atoms with Crippen LogP contribution >= 0.6 is 11.6 Å². The third kappa shape index (κ3) is 3.44. The zero-order valence-corrected chi connectivity index (χ0v) is 12.2. The summed E-state index contributed by atoms with van der Waals surface area (Å²) >= 11 is 6.16. The van der Waals surface area contributed by atoms with Gasteiger partial charge in [-0.1, -0.05) is 29.8 Å². The number of aliphatic hydroxyl groups is 1. The van der Waals surface area contributed by atoms with E-state index in [2.05, 4.69) is 0 Å². The standard InChI is InChI=1S/C16H17ClO3/c1-19-12-5-3-11(4-6-12)9-16(18)14-8-7-13(20-2)10-15(14)17/h3-8,10,16,18H,9H2,1-2H3. The fourth-order valence-corrected chi connectivity index (χ4v) is 2.30. The van der Waals surface area contributed by atoms with Crippen LogP contribution in [0, 0.1) is 0 Å². The van der Waals surface area contributed by atoms with Crippen LogP contribution in [0.4, 0.5) is 0 Å². The molecule has 20 heavy (non-hydrogen) atoms. The summed E-state index contributed by atoms with van der Waals surface area (Å²) in [4.78, 5) is 0. The first-order chi connectivity index (χ1) is 9.63. The fourth-order valence-electron chi connectivity index (χ4n) is 2.00. The predicted octanol–water partition coefficient (Wildman–Crippen LogP) is 3.63. The van der Waals surface area contributed by atoms with Crippen LogP contribution in [0.3, 0.4) is 0 Å². The molecule has 0 bridgehead atoms. The first-order valence-electron chi connectivity index (χ1n) is 6.28. The van der Waals surface area contributed by atoms with Gasteiger partial charge in [0.15, 0.2) is 0 Å². The van der Waals surface area contributed by atoms with Gasteiger partial charge in [-0.3, -0.25) is 0 Å². The van der Waals surface area contributed by atoms with Gasteiger partial charge < -0.3 is 14.6 Å². The molecule has 0 saturated carbocycles. The molecular formula is C16H17ClO3. The number of benzene rings is 2. The molecule has 2 aromatic carbocycles. The SMILES string of the molecule is COc1ccc(CC(O)c2ccc(OC)cc2Cl)cc1. The van der Waals surface area contributed by atoms with E-state index in [0.717, 1.165) is 11.3 Å². The highest BCUT2D eigenvalue weighted by molar-refractivity contribution is 6.31. The van der Waals surface area contributed by atoms with Crippen molar-refractivity contribution >= 4 is 11.6 Å². The number of methoxy groups -OCH3 is 2. The molecule has 3 nitrogen and oxygen atoms in total. The lowest BCUT2D eigenvalue weighted by atomic mass is 10.0. The highest BCUT2D eigenvalue weighted by Crippen LogP contribution is 2.29. The van der Waals surface area contributed by atoms with Crippen molar-refractivity contribution in [1.82, 2.24) is 0 Å². The summed E-state index contributed by atoms with van der Waals surface area (Å²) < 4.78 is 10.2. The Kier molecular flexibility index (Phi) is 4.88. The van der Waals surface area contributed by atoms with Crippen LogP contribution in [-0.2, 0) is 6.42 Å². The van der Waals surface area contributed by atoms with E-state index >= 15 is 0 Å². The molecule has 0 aromatic heterocycles. The number of hydrogen-bond acceptors (Lipinski definition) is 3. The van der Waals surface area contributed by atoms with E-state index < -0.39 is 6.10 Å². The topological polar surface area (TPSA) is 38.7 Å². The summed E-state index contributed by atoms with van der Waals surface area (Å²) in [5.41, 5.74) is 1.72. The summed E-state index contributed by atoms with van der Waals surface area (Å²) in [6, 6.07) is 12.9. The van der Waals surface area contributed by atoms with Gasteiger partial charge in [-0.25, -0.2) is 0 Å². The molecule has 0 fully saturated rings. The summed E-state index contributed by atoms with van der Waals surface area (Å²) in [7, 11) is 3.21. The molecular weight excluding hydrogens is 276 g/mol. The maximum absolute atomic E-state index is 10.3. The fraction of sp³-hybridized carbons (Fsp3) is 0.250. The molecule has 0 aliphatic heterocycles. The normalized spacial score (nSPS) is 12.0. The Morgan fingerprint density at radius 2 is 1.60 bits per heavy atom. The van der Waals surface area contributed by atoms with Crippen LogP contribution in [0.1, 0.15) is 17.2 Å². The first-order valence-corrected chi connectivity index (χ1v) is 6.66. The number of hydrogen-bond donors (Lipinski definition) is 1. The predicted molar refractivity (Wildman–Crippen MR) is 79.7 cm³/mol. The van der Waals surface area contributed by atoms with Crippen molar-refractivity contribution < 1.29 is 14.6 Å². The van der Waals surface area contributed by atoms with Crippen LogP contribution in [-0.4, -0.2) is 19.3 Å². The van der Waals surface area contributed by atoms with Gasteiger partial charge in [0.2, 0.25) is 0 Å². The second-order valence-corrected chi connectivity index (χ2v) is 4.86. The highest BCUT2D eigenvalue weighted by atomic mass is 35.5. The molecule has 0 aliphatic carbocycles. The zero-order valence-electron chi connectivity index (χ0n) is 11.5. The number of rotatable bonds is 5. The average molecular weight is 293 g/mol. The van der Waals surface area contributed by atoms with Gasteiger partial charge in [0.25, 0.3) is 0 Å². The van der Waals surface area contributed by atoms with Gasteiger partial charge in [-0.05, 0) is 35.4 Å². The van der Waals surface area contributed by atoms with E-state index in [9.17, 15) is 5.11 Å². The lowest BCUT2D eigenvalue weighted by molar-refractivity contribution is 0.178. The molecule has 1 unspecified atom stereocenters. The molecule has 106 valence electrons. The Morgan fingerprint density at radius 1 is 1.00 bits per heavy atom. The van der Waals surface area contributed by atoms with E-state index in [0.29, 0.717) is 22.8 Å². The van der Waals surface area contributed by atoms with E-state index in [1.807, 2.05) is 24.3 Å². The third-order valence-electron chi connectivity index (χ3n) is 3.15. The van der Waals surface area contributed by atoms with Crippen molar-refractivity contribution in [2.75, 3.05) is 14.2 Å². The maximum atomic E-state index is 10.3. The largest absolute Gasteiger partial charge is 0.497 e. The summed E-state index contributed by atoms with van der Waals surface area (Å²) in [6.45, 7) is 0. The Hall–Kier alpha value is -1.71. The van der Waals surface area contributed by atoms with E-state index in [4.69, 9.17) is 21.1 Å². The van der Waals surface area contributed by atoms with Crippen molar-refractivity contribution in [3.63, 3.8) is 0 Å². The molecule has 2 aromatic rings. The Labute approximate surface area is 123 Å². The van der Waals surface area contributed by atoms with Gasteiger partial charge in [-0.2, -0.15) is 0 Å². The van der Waals surface area contributed by atoms with E-state index in [-0.39, 0.29) is 0 Å². The van der Waals surface area contributed by atoms with Gasteiger partial charge >= 0.3 is 0 Å². The number of ether oxygens (including phenoxy) is 2. The number of aliphatic hydroxyl groups excluding tert-OH is 1. The molecule has 0 spiro atoms. The molecule has 2 rings (SSSR count). The Balaban J connectivity index is 2.12. The van der Waals surface area contributed by atoms with Crippen LogP contribution < -0.4 is 9.47 Å². The lowest BCUT2D eigenvalue weighted by Gasteiger charge is -2.14. The van der Waals surface area contributed by atoms with E-state index in [1.54, 1.807) is 32.4 Å². The molecule has 0 saturated heterocycles. The van der Waals surface area contributed by atoms with Crippen molar-refractivity contribution in [3.05, 3.63) is 58.6 Å². The van der Waals surface area contributed by atoms with Crippen molar-refractivity contribution in [3.8, 4) is 11.5 Å². The molecule has 0 amide bonds. The summed E-state index contributed by atoms with van der Waals surface area (Å²) in [5, 5.41) is 10.8. The summed E-state index contributed by atoms with van der Waals surface area (Å²) in [6.07, 6.45) is -0.155. The molecule has 1 N–H and O–H groups in total. The Bertz CT molecular complexity index is 566. The van der Waals surface area contributed by atoms with Gasteiger partial charge in [0.05, 0.1) is 25.3 Å². The molecule has 0 heterocycles. The van der Waals surface area contributed by atoms with E-state index in [1.165, 1.54) is 0 Å². The van der Waals surface area contributed by atoms with Crippen LogP contribution in [0.25, 0.3) is 0 Å². The third-order valence-corrected chi connectivity index (χ3v) is 3.48. The maximum Gasteiger partial charge on any atom is 0.120 e. The zero-order chi connectivity index (χ0) is 14.5. The van der Waals surface area contributed by atoms with Crippen LogP contribution in [0.2, 0.25) is 5.02 Å². The van der Waals surface area contributed by atoms with Crippen LogP contribution in [0.15, 0.2) is 42.5 Å². The van der Waals surface area contributed by atoms with Crippen molar-refractivity contribution in [2.24, 2.45) is 0 Å². The molecule has 4 heteroatoms. The molecule has 1 atom stereocenters. The minimum Gasteiger partial charge on any atom is -0.497 e. The van der Waals surface area contributed by atoms with Crippen LogP contribution in [0.5, 0.6) is 11.5 Å². The minimum absolute atomic E-state index is 0.496. The summed E-state index contributed by atoms with van der Waals surface area (Å²) in [5.74, 6) is 1.47. The monoisotopic (exact) mass is 292 g/mol. The molecule has 0 aliphatic rings. The van der Waals surface area contributed by atoms with Gasteiger partial charge in [0.1, 0.15) is 11.5 Å². The van der Waals surface area contributed by atoms with Gasteiger partial charge in [-0.15, -0.1) is 0 Å². The minimum atomic E-state index is -0.651. The van der Waals surface area contributed by atoms with Gasteiger partial charge in [0, 0.05) is 6.42 Å². The first kappa shape index (κ1) is 14.7. The second-order valence-electron chi connectivity index (χ2n) is 4.46. The number of halogens is 1. The van der Waals surface area contributed by atoms with Crippen molar-refractivity contribution in [1.29, 1.82) is 0 Å². The molecule has 0 radical (unpaired) electrons. The smallest absolute Gasteiger partial charge is 0.120 e.